The fourth-order valence-electron chi connectivity index (χ4n) is 2.14. The molecule has 0 saturated heterocycles. The first-order chi connectivity index (χ1) is 10.7. The van der Waals surface area contributed by atoms with E-state index in [2.05, 4.69) is 70.6 Å². The quantitative estimate of drug-likeness (QED) is 0.653. The fraction of sp³-hybridized carbons (Fsp3) is 0.150. The minimum absolute atomic E-state index is 1.13. The van der Waals surface area contributed by atoms with Crippen LogP contribution in [0.5, 0.6) is 0 Å². The van der Waals surface area contributed by atoms with E-state index >= 15 is 0 Å². The van der Waals surface area contributed by atoms with E-state index in [9.17, 15) is 0 Å². The molecule has 1 N–H and O–H groups in total. The first-order valence-electron chi connectivity index (χ1n) is 7.43. The van der Waals surface area contributed by atoms with Gasteiger partial charge in [0.05, 0.1) is 0 Å². The van der Waals surface area contributed by atoms with Gasteiger partial charge in [0, 0.05) is 24.9 Å². The maximum absolute atomic E-state index is 3.19. The van der Waals surface area contributed by atoms with Crippen LogP contribution in [0.1, 0.15) is 5.56 Å². The van der Waals surface area contributed by atoms with E-state index in [0.29, 0.717) is 0 Å². The van der Waals surface area contributed by atoms with Crippen LogP contribution in [-0.2, 0) is 0 Å². The Balaban J connectivity index is 1.98. The number of anilines is 1. The molecule has 1 aliphatic carbocycles. The smallest absolute Gasteiger partial charge is 0.199 e. The summed E-state index contributed by atoms with van der Waals surface area (Å²) in [5.41, 5.74) is 4.73. The van der Waals surface area contributed by atoms with Gasteiger partial charge in [-0.15, -0.1) is 0 Å². The first kappa shape index (κ1) is 15.8. The number of hydrogen-bond donors (Lipinski definition) is 1. The number of nitrogens with one attached hydrogen (secondary N) is 1. The molecule has 0 fully saturated rings. The highest BCUT2D eigenvalue weighted by atomic mass is 14.9. The number of para-hydroxylation sites is 1. The van der Waals surface area contributed by atoms with Crippen molar-refractivity contribution in [2.75, 3.05) is 26.5 Å². The summed E-state index contributed by atoms with van der Waals surface area (Å²) in [6.45, 7) is 0. The van der Waals surface area contributed by atoms with E-state index in [4.69, 9.17) is 0 Å². The molecular formula is C20H23N2+. The summed E-state index contributed by atoms with van der Waals surface area (Å²) >= 11 is 0. The van der Waals surface area contributed by atoms with Crippen LogP contribution in [0.15, 0.2) is 78.4 Å². The topological polar surface area (TPSA) is 15.0 Å². The Morgan fingerprint density at radius 1 is 0.909 bits per heavy atom. The second kappa shape index (κ2) is 7.99. The largest absolute Gasteiger partial charge is 0.388 e. The number of hydrogen-bond acceptors (Lipinski definition) is 1. The third-order valence-electron chi connectivity index (χ3n) is 3.43. The molecule has 1 aromatic carbocycles. The van der Waals surface area contributed by atoms with Crippen molar-refractivity contribution in [1.82, 2.24) is 0 Å². The third-order valence-corrected chi connectivity index (χ3v) is 3.43. The second-order valence-corrected chi connectivity index (χ2v) is 5.23. The van der Waals surface area contributed by atoms with E-state index in [0.717, 1.165) is 5.69 Å². The molecule has 0 saturated carbocycles. The fourth-order valence-corrected chi connectivity index (χ4v) is 2.14. The van der Waals surface area contributed by atoms with Crippen LogP contribution in [0.25, 0.3) is 6.08 Å². The van der Waals surface area contributed by atoms with E-state index in [1.807, 2.05) is 39.4 Å². The van der Waals surface area contributed by atoms with Crippen molar-refractivity contribution in [1.29, 1.82) is 0 Å². The van der Waals surface area contributed by atoms with Crippen LogP contribution >= 0.6 is 0 Å². The van der Waals surface area contributed by atoms with Crippen molar-refractivity contribution in [3.05, 3.63) is 84.0 Å². The summed E-state index contributed by atoms with van der Waals surface area (Å²) in [5, 5.41) is 3.19. The Morgan fingerprint density at radius 3 is 2.32 bits per heavy atom. The van der Waals surface area contributed by atoms with Gasteiger partial charge in [0.25, 0.3) is 0 Å². The summed E-state index contributed by atoms with van der Waals surface area (Å²) in [6.07, 6.45) is 18.9. The van der Waals surface area contributed by atoms with Crippen LogP contribution in [0, 0.1) is 0 Å². The molecule has 0 aromatic heterocycles. The highest BCUT2D eigenvalue weighted by molar-refractivity contribution is 6.02. The molecule has 1 aromatic rings. The van der Waals surface area contributed by atoms with Crippen LogP contribution < -0.4 is 5.32 Å². The Hall–Kier alpha value is -2.61. The zero-order chi connectivity index (χ0) is 15.8. The maximum atomic E-state index is 3.19. The summed E-state index contributed by atoms with van der Waals surface area (Å²) in [4.78, 5) is 0. The molecule has 0 unspecified atom stereocenters. The molecule has 2 heteroatoms. The predicted molar refractivity (Wildman–Crippen MR) is 97.6 cm³/mol. The highest BCUT2D eigenvalue weighted by Crippen LogP contribution is 2.15. The monoisotopic (exact) mass is 291 g/mol. The van der Waals surface area contributed by atoms with Gasteiger partial charge < -0.3 is 5.32 Å². The van der Waals surface area contributed by atoms with E-state index in [1.54, 1.807) is 0 Å². The molecular weight excluding hydrogens is 268 g/mol. The van der Waals surface area contributed by atoms with Crippen molar-refractivity contribution in [2.24, 2.45) is 0 Å². The highest BCUT2D eigenvalue weighted by Gasteiger charge is 2.02. The molecule has 0 spiro atoms. The Bertz CT molecular complexity index is 676. The third kappa shape index (κ3) is 4.45. The van der Waals surface area contributed by atoms with Crippen LogP contribution in [0.4, 0.5) is 5.69 Å². The van der Waals surface area contributed by atoms with Crippen molar-refractivity contribution in [2.45, 2.75) is 0 Å². The van der Waals surface area contributed by atoms with Gasteiger partial charge in [-0.3, -0.25) is 0 Å². The Labute approximate surface area is 133 Å². The average molecular weight is 291 g/mol. The van der Waals surface area contributed by atoms with Gasteiger partial charge in [0.1, 0.15) is 14.1 Å². The van der Waals surface area contributed by atoms with Crippen molar-refractivity contribution < 1.29 is 4.58 Å². The molecule has 0 amide bonds. The second-order valence-electron chi connectivity index (χ2n) is 5.23. The zero-order valence-electron chi connectivity index (χ0n) is 13.5. The van der Waals surface area contributed by atoms with Gasteiger partial charge >= 0.3 is 0 Å². The van der Waals surface area contributed by atoms with Crippen LogP contribution in [-0.4, -0.2) is 31.4 Å². The summed E-state index contributed by atoms with van der Waals surface area (Å²) < 4.78 is 2.10. The molecule has 2 rings (SSSR count). The molecule has 1 aliphatic rings. The standard InChI is InChI=1S/C20H22N2/c1-21-20-12-8-7-11-18(20)10-6-4-5-9-17-13-15-19(16-14-17)22(2)3/h4-16H,1-3H3/p+1. The average Bonchev–Trinajstić information content (AvgIpc) is 2.55. The lowest BCUT2D eigenvalue weighted by Gasteiger charge is -2.03. The van der Waals surface area contributed by atoms with Gasteiger partial charge in [-0.2, -0.15) is 0 Å². The number of nitrogens with zero attached hydrogens (tertiary/aromatic N) is 1. The molecule has 0 atom stereocenters. The summed E-state index contributed by atoms with van der Waals surface area (Å²) in [5.74, 6) is 0. The lowest BCUT2D eigenvalue weighted by Crippen LogP contribution is -2.09. The zero-order valence-corrected chi connectivity index (χ0v) is 13.5. The van der Waals surface area contributed by atoms with Gasteiger partial charge in [0.15, 0.2) is 5.71 Å². The molecule has 0 bridgehead atoms. The maximum Gasteiger partial charge on any atom is 0.199 e. The molecule has 0 heterocycles. The Kier molecular flexibility index (Phi) is 5.73. The van der Waals surface area contributed by atoms with Crippen molar-refractivity contribution in [3.8, 4) is 0 Å². The van der Waals surface area contributed by atoms with Gasteiger partial charge in [-0.25, -0.2) is 4.58 Å². The lowest BCUT2D eigenvalue weighted by molar-refractivity contribution is -0.462. The van der Waals surface area contributed by atoms with Gasteiger partial charge in [0.2, 0.25) is 0 Å². The predicted octanol–water partition coefficient (Wildman–Crippen LogP) is 4.06. The van der Waals surface area contributed by atoms with Gasteiger partial charge in [-0.1, -0.05) is 48.6 Å². The van der Waals surface area contributed by atoms with E-state index in [-0.39, 0.29) is 0 Å². The molecule has 0 aliphatic heterocycles. The number of benzene rings is 1. The van der Waals surface area contributed by atoms with Crippen LogP contribution in [0.2, 0.25) is 0 Å². The van der Waals surface area contributed by atoms with Crippen molar-refractivity contribution >= 4 is 17.5 Å². The van der Waals surface area contributed by atoms with E-state index < -0.39 is 0 Å². The SMILES string of the molecule is CNc1ccccc1/C=C\C=C\C=C1C=CC(=[N+](C)C)C=C1. The summed E-state index contributed by atoms with van der Waals surface area (Å²) in [7, 11) is 6.03. The molecule has 112 valence electrons. The minimum Gasteiger partial charge on any atom is -0.388 e. The van der Waals surface area contributed by atoms with Gasteiger partial charge in [-0.05, 0) is 29.4 Å². The lowest BCUT2D eigenvalue weighted by atomic mass is 10.1. The first-order valence-corrected chi connectivity index (χ1v) is 7.43. The minimum atomic E-state index is 1.13. The normalized spacial score (nSPS) is 14.1. The molecule has 2 nitrogen and oxygen atoms in total. The molecule has 22 heavy (non-hydrogen) atoms. The summed E-state index contributed by atoms with van der Waals surface area (Å²) in [6, 6.07) is 8.24. The number of allylic oxidation sites excluding steroid dienone is 9. The van der Waals surface area contributed by atoms with Crippen molar-refractivity contribution in [3.63, 3.8) is 0 Å². The Morgan fingerprint density at radius 2 is 1.64 bits per heavy atom. The molecule has 0 radical (unpaired) electrons. The van der Waals surface area contributed by atoms with Crippen LogP contribution in [0.3, 0.4) is 0 Å². The number of rotatable bonds is 4. The van der Waals surface area contributed by atoms with E-state index in [1.165, 1.54) is 16.8 Å².